The molecule has 3 unspecified atom stereocenters. The molecule has 0 amide bonds. The molecule has 0 saturated heterocycles. The van der Waals surface area contributed by atoms with Crippen molar-refractivity contribution in [3.05, 3.63) is 29.8 Å². The molecule has 1 saturated carbocycles. The van der Waals surface area contributed by atoms with Crippen LogP contribution in [0.2, 0.25) is 0 Å². The van der Waals surface area contributed by atoms with Gasteiger partial charge in [-0.3, -0.25) is 4.21 Å². The minimum atomic E-state index is -0.840. The summed E-state index contributed by atoms with van der Waals surface area (Å²) < 4.78 is 12.5. The molecular weight excluding hydrogens is 230 g/mol. The van der Waals surface area contributed by atoms with E-state index >= 15 is 0 Å². The van der Waals surface area contributed by atoms with E-state index in [2.05, 4.69) is 12.2 Å². The van der Waals surface area contributed by atoms with E-state index in [1.165, 1.54) is 18.4 Å². The molecular formula is C14H21NOS. The van der Waals surface area contributed by atoms with Crippen molar-refractivity contribution in [1.82, 2.24) is 5.32 Å². The number of hydrogen-bond acceptors (Lipinski definition) is 2. The topological polar surface area (TPSA) is 29.1 Å². The minimum Gasteiger partial charge on any atom is -0.317 e. The van der Waals surface area contributed by atoms with Crippen molar-refractivity contribution >= 4 is 10.8 Å². The Morgan fingerprint density at radius 2 is 1.94 bits per heavy atom. The van der Waals surface area contributed by atoms with Gasteiger partial charge in [0.2, 0.25) is 0 Å². The Labute approximate surface area is 106 Å². The fourth-order valence-electron chi connectivity index (χ4n) is 2.47. The second kappa shape index (κ2) is 5.78. The van der Waals surface area contributed by atoms with Gasteiger partial charge in [-0.25, -0.2) is 0 Å². The number of nitrogens with one attached hydrogen (secondary N) is 1. The van der Waals surface area contributed by atoms with E-state index in [1.54, 1.807) is 0 Å². The number of aryl methyl sites for hydroxylation is 1. The van der Waals surface area contributed by atoms with Gasteiger partial charge in [0.15, 0.2) is 0 Å². The molecule has 3 atom stereocenters. The first kappa shape index (κ1) is 12.8. The third-order valence-electron chi connectivity index (χ3n) is 3.59. The van der Waals surface area contributed by atoms with Crippen LogP contribution in [0.4, 0.5) is 0 Å². The van der Waals surface area contributed by atoms with Gasteiger partial charge < -0.3 is 5.32 Å². The lowest BCUT2D eigenvalue weighted by Gasteiger charge is -2.28. The zero-order chi connectivity index (χ0) is 12.3. The van der Waals surface area contributed by atoms with Crippen LogP contribution in [0.5, 0.6) is 0 Å². The highest BCUT2D eigenvalue weighted by atomic mass is 32.2. The normalized spacial score (nSPS) is 26.7. The van der Waals surface area contributed by atoms with E-state index in [0.717, 1.165) is 17.7 Å². The number of benzene rings is 1. The predicted octanol–water partition coefficient (Wildman–Crippen LogP) is 2.63. The van der Waals surface area contributed by atoms with Gasteiger partial charge >= 0.3 is 0 Å². The lowest BCUT2D eigenvalue weighted by atomic mass is 9.95. The van der Waals surface area contributed by atoms with E-state index in [9.17, 15) is 4.21 Å². The third-order valence-corrected chi connectivity index (χ3v) is 5.36. The molecule has 1 fully saturated rings. The number of hydrogen-bond donors (Lipinski definition) is 1. The van der Waals surface area contributed by atoms with Crippen LogP contribution in [0.3, 0.4) is 0 Å². The molecule has 0 spiro atoms. The second-order valence-corrected chi connectivity index (χ2v) is 6.62. The van der Waals surface area contributed by atoms with Gasteiger partial charge in [0, 0.05) is 16.2 Å². The molecule has 2 rings (SSSR count). The zero-order valence-corrected chi connectivity index (χ0v) is 11.4. The van der Waals surface area contributed by atoms with Crippen LogP contribution in [-0.2, 0) is 10.8 Å². The summed E-state index contributed by atoms with van der Waals surface area (Å²) in [6.45, 7) is 2.06. The molecule has 0 aliphatic heterocycles. The van der Waals surface area contributed by atoms with Crippen molar-refractivity contribution in [2.45, 2.75) is 48.8 Å². The number of rotatable bonds is 3. The summed E-state index contributed by atoms with van der Waals surface area (Å²) in [5, 5.41) is 3.64. The van der Waals surface area contributed by atoms with Crippen molar-refractivity contribution in [2.75, 3.05) is 7.05 Å². The van der Waals surface area contributed by atoms with Gasteiger partial charge in [0.05, 0.1) is 10.8 Å². The molecule has 1 aromatic rings. The van der Waals surface area contributed by atoms with Crippen LogP contribution in [0.25, 0.3) is 0 Å². The summed E-state index contributed by atoms with van der Waals surface area (Å²) in [5.41, 5.74) is 1.22. The van der Waals surface area contributed by atoms with E-state index in [-0.39, 0.29) is 0 Å². The van der Waals surface area contributed by atoms with Crippen molar-refractivity contribution in [3.8, 4) is 0 Å². The predicted molar refractivity (Wildman–Crippen MR) is 72.7 cm³/mol. The first-order chi connectivity index (χ1) is 8.20. The molecule has 94 valence electrons. The largest absolute Gasteiger partial charge is 0.317 e. The highest BCUT2D eigenvalue weighted by molar-refractivity contribution is 7.85. The Balaban J connectivity index is 2.06. The van der Waals surface area contributed by atoms with Gasteiger partial charge in [-0.15, -0.1) is 0 Å². The van der Waals surface area contributed by atoms with Crippen molar-refractivity contribution in [2.24, 2.45) is 0 Å². The quantitative estimate of drug-likeness (QED) is 0.895. The van der Waals surface area contributed by atoms with Gasteiger partial charge in [-0.2, -0.15) is 0 Å². The van der Waals surface area contributed by atoms with Gasteiger partial charge in [0.1, 0.15) is 0 Å². The monoisotopic (exact) mass is 251 g/mol. The maximum absolute atomic E-state index is 12.5. The molecule has 3 heteroatoms. The first-order valence-electron chi connectivity index (χ1n) is 6.35. The van der Waals surface area contributed by atoms with Crippen LogP contribution < -0.4 is 5.32 Å². The van der Waals surface area contributed by atoms with Crippen LogP contribution in [0.1, 0.15) is 31.2 Å². The zero-order valence-electron chi connectivity index (χ0n) is 10.6. The molecule has 2 nitrogen and oxygen atoms in total. The molecule has 1 N–H and O–H groups in total. The van der Waals surface area contributed by atoms with Crippen LogP contribution in [-0.4, -0.2) is 22.5 Å². The van der Waals surface area contributed by atoms with E-state index in [1.807, 2.05) is 31.3 Å². The highest BCUT2D eigenvalue weighted by Gasteiger charge is 2.26. The summed E-state index contributed by atoms with van der Waals surface area (Å²) in [5.74, 6) is 0. The fourth-order valence-corrected chi connectivity index (χ4v) is 4.04. The maximum atomic E-state index is 12.5. The smallest absolute Gasteiger partial charge is 0.0561 e. The van der Waals surface area contributed by atoms with Crippen LogP contribution in [0, 0.1) is 6.92 Å². The molecule has 1 aliphatic rings. The Morgan fingerprint density at radius 3 is 2.59 bits per heavy atom. The molecule has 0 bridgehead atoms. The Bertz CT molecular complexity index is 388. The average molecular weight is 251 g/mol. The summed E-state index contributed by atoms with van der Waals surface area (Å²) >= 11 is 0. The van der Waals surface area contributed by atoms with Crippen molar-refractivity contribution in [3.63, 3.8) is 0 Å². The molecule has 17 heavy (non-hydrogen) atoms. The summed E-state index contributed by atoms with van der Waals surface area (Å²) in [6.07, 6.45) is 4.54. The minimum absolute atomic E-state index is 0.323. The summed E-state index contributed by atoms with van der Waals surface area (Å²) in [7, 11) is 1.16. The summed E-state index contributed by atoms with van der Waals surface area (Å²) in [4.78, 5) is 0.984. The second-order valence-electron chi connectivity index (χ2n) is 4.88. The van der Waals surface area contributed by atoms with Crippen molar-refractivity contribution < 1.29 is 4.21 Å². The summed E-state index contributed by atoms with van der Waals surface area (Å²) in [6, 6.07) is 8.66. The average Bonchev–Trinajstić information content (AvgIpc) is 2.39. The molecule has 0 radical (unpaired) electrons. The van der Waals surface area contributed by atoms with Gasteiger partial charge in [0.25, 0.3) is 0 Å². The van der Waals surface area contributed by atoms with Crippen LogP contribution >= 0.6 is 0 Å². The molecule has 0 heterocycles. The highest BCUT2D eigenvalue weighted by Crippen LogP contribution is 2.26. The van der Waals surface area contributed by atoms with Gasteiger partial charge in [-0.05, 0) is 45.4 Å². The lowest BCUT2D eigenvalue weighted by Crippen LogP contribution is -2.35. The van der Waals surface area contributed by atoms with E-state index in [0.29, 0.717) is 11.3 Å². The maximum Gasteiger partial charge on any atom is 0.0561 e. The Morgan fingerprint density at radius 1 is 1.24 bits per heavy atom. The lowest BCUT2D eigenvalue weighted by molar-refractivity contribution is 0.398. The molecule has 0 aromatic heterocycles. The van der Waals surface area contributed by atoms with Gasteiger partial charge in [-0.1, -0.05) is 24.1 Å². The third kappa shape index (κ3) is 3.17. The van der Waals surface area contributed by atoms with Crippen LogP contribution in [0.15, 0.2) is 29.2 Å². The standard InChI is InChI=1S/C14H21NOS/c1-11-6-8-13(9-7-11)17(16)14-5-3-4-12(10-14)15-2/h6-9,12,14-15H,3-5,10H2,1-2H3. The first-order valence-corrected chi connectivity index (χ1v) is 7.56. The Hall–Kier alpha value is -0.670. The van der Waals surface area contributed by atoms with E-state index < -0.39 is 10.8 Å². The van der Waals surface area contributed by atoms with E-state index in [4.69, 9.17) is 0 Å². The molecule has 1 aromatic carbocycles. The SMILES string of the molecule is CNC1CCCC(S(=O)c2ccc(C)cc2)C1. The Kier molecular flexibility index (Phi) is 4.35. The molecule has 1 aliphatic carbocycles. The fraction of sp³-hybridized carbons (Fsp3) is 0.571. The van der Waals surface area contributed by atoms with Crippen molar-refractivity contribution in [1.29, 1.82) is 0 Å².